The van der Waals surface area contributed by atoms with E-state index in [1.54, 1.807) is 6.07 Å². The Kier molecular flexibility index (Phi) is 6.88. The molecule has 2 aromatic rings. The van der Waals surface area contributed by atoms with Gasteiger partial charge in [-0.05, 0) is 30.7 Å². The van der Waals surface area contributed by atoms with Crippen LogP contribution < -0.4 is 10.1 Å². The quantitative estimate of drug-likeness (QED) is 0.581. The summed E-state index contributed by atoms with van der Waals surface area (Å²) in [6, 6.07) is 13.5. The Hall–Kier alpha value is -1.38. The summed E-state index contributed by atoms with van der Waals surface area (Å²) < 4.78 is 5.88. The summed E-state index contributed by atoms with van der Waals surface area (Å²) in [7, 11) is 0. The second-order valence-corrected chi connectivity index (χ2v) is 5.98. The van der Waals surface area contributed by atoms with Gasteiger partial charge in [-0.25, -0.2) is 0 Å². The molecule has 0 fully saturated rings. The number of unbranched alkanes of at least 4 members (excludes halogenated alkanes) is 2. The molecule has 0 aliphatic heterocycles. The fourth-order valence-electron chi connectivity index (χ4n) is 2.15. The summed E-state index contributed by atoms with van der Waals surface area (Å²) in [5.41, 5.74) is 1.98. The fourth-order valence-corrected chi connectivity index (χ4v) is 2.62. The number of rotatable bonds is 8. The van der Waals surface area contributed by atoms with Crippen molar-refractivity contribution >= 4 is 28.9 Å². The SMILES string of the molecule is CCCCCOc1ccccc1CNc1ccc(Cl)cc1Cl. The Bertz CT molecular complexity index is 601. The van der Waals surface area contributed by atoms with Gasteiger partial charge in [-0.15, -0.1) is 0 Å². The van der Waals surface area contributed by atoms with E-state index in [0.717, 1.165) is 30.0 Å². The zero-order valence-corrected chi connectivity index (χ0v) is 14.3. The highest BCUT2D eigenvalue weighted by Gasteiger charge is 2.05. The number of para-hydroxylation sites is 1. The van der Waals surface area contributed by atoms with Crippen molar-refractivity contribution in [1.29, 1.82) is 0 Å². The number of benzene rings is 2. The summed E-state index contributed by atoms with van der Waals surface area (Å²) in [5.74, 6) is 0.927. The van der Waals surface area contributed by atoms with E-state index in [0.29, 0.717) is 16.6 Å². The molecule has 2 aromatic carbocycles. The number of hydrogen-bond donors (Lipinski definition) is 1. The lowest BCUT2D eigenvalue weighted by atomic mass is 10.2. The van der Waals surface area contributed by atoms with Gasteiger partial charge in [-0.2, -0.15) is 0 Å². The van der Waals surface area contributed by atoms with Crippen molar-refractivity contribution in [2.24, 2.45) is 0 Å². The zero-order valence-electron chi connectivity index (χ0n) is 12.7. The molecule has 22 heavy (non-hydrogen) atoms. The summed E-state index contributed by atoms with van der Waals surface area (Å²) in [6.45, 7) is 3.60. The maximum absolute atomic E-state index is 6.18. The summed E-state index contributed by atoms with van der Waals surface area (Å²) in [4.78, 5) is 0. The van der Waals surface area contributed by atoms with Gasteiger partial charge in [0.05, 0.1) is 17.3 Å². The molecular weight excluding hydrogens is 317 g/mol. The third-order valence-corrected chi connectivity index (χ3v) is 3.93. The van der Waals surface area contributed by atoms with Crippen LogP contribution in [0.25, 0.3) is 0 Å². The van der Waals surface area contributed by atoms with Gasteiger partial charge in [-0.3, -0.25) is 0 Å². The van der Waals surface area contributed by atoms with Crippen LogP contribution in [0.2, 0.25) is 10.0 Å². The third kappa shape index (κ3) is 5.11. The number of hydrogen-bond acceptors (Lipinski definition) is 2. The van der Waals surface area contributed by atoms with Crippen molar-refractivity contribution in [3.63, 3.8) is 0 Å². The highest BCUT2D eigenvalue weighted by atomic mass is 35.5. The highest BCUT2D eigenvalue weighted by molar-refractivity contribution is 6.36. The molecule has 0 atom stereocenters. The van der Waals surface area contributed by atoms with Crippen molar-refractivity contribution < 1.29 is 4.74 Å². The maximum atomic E-state index is 6.18. The van der Waals surface area contributed by atoms with Gasteiger partial charge in [0, 0.05) is 17.1 Å². The minimum atomic E-state index is 0.619. The second kappa shape index (κ2) is 8.92. The lowest BCUT2D eigenvalue weighted by molar-refractivity contribution is 0.303. The first-order chi connectivity index (χ1) is 10.7. The molecule has 0 saturated carbocycles. The van der Waals surface area contributed by atoms with Gasteiger partial charge >= 0.3 is 0 Å². The Morgan fingerprint density at radius 2 is 1.86 bits per heavy atom. The van der Waals surface area contributed by atoms with E-state index < -0.39 is 0 Å². The summed E-state index contributed by atoms with van der Waals surface area (Å²) in [6.07, 6.45) is 3.48. The Balaban J connectivity index is 1.97. The minimum Gasteiger partial charge on any atom is -0.493 e. The Morgan fingerprint density at radius 1 is 1.05 bits per heavy atom. The van der Waals surface area contributed by atoms with Crippen LogP contribution in [-0.2, 0) is 6.54 Å². The molecule has 0 amide bonds. The Morgan fingerprint density at radius 3 is 2.64 bits per heavy atom. The molecule has 1 N–H and O–H groups in total. The smallest absolute Gasteiger partial charge is 0.124 e. The van der Waals surface area contributed by atoms with Crippen molar-refractivity contribution in [2.45, 2.75) is 32.7 Å². The van der Waals surface area contributed by atoms with Gasteiger partial charge in [-0.1, -0.05) is 61.2 Å². The van der Waals surface area contributed by atoms with Gasteiger partial charge in [0.25, 0.3) is 0 Å². The average Bonchev–Trinajstić information content (AvgIpc) is 2.52. The van der Waals surface area contributed by atoms with Crippen molar-refractivity contribution in [3.8, 4) is 5.75 Å². The van der Waals surface area contributed by atoms with Crippen molar-refractivity contribution in [2.75, 3.05) is 11.9 Å². The summed E-state index contributed by atoms with van der Waals surface area (Å²) in [5, 5.41) is 4.58. The van der Waals surface area contributed by atoms with E-state index in [-0.39, 0.29) is 0 Å². The summed E-state index contributed by atoms with van der Waals surface area (Å²) >= 11 is 12.1. The predicted molar refractivity (Wildman–Crippen MR) is 95.3 cm³/mol. The number of ether oxygens (including phenoxy) is 1. The molecule has 0 spiro atoms. The molecule has 2 rings (SSSR count). The van der Waals surface area contributed by atoms with Crippen LogP contribution in [0.4, 0.5) is 5.69 Å². The molecule has 0 aliphatic rings. The van der Waals surface area contributed by atoms with E-state index in [4.69, 9.17) is 27.9 Å². The number of nitrogens with one attached hydrogen (secondary N) is 1. The van der Waals surface area contributed by atoms with Crippen LogP contribution in [0, 0.1) is 0 Å². The monoisotopic (exact) mass is 337 g/mol. The van der Waals surface area contributed by atoms with Crippen LogP contribution in [0.3, 0.4) is 0 Å². The highest BCUT2D eigenvalue weighted by Crippen LogP contribution is 2.27. The third-order valence-electron chi connectivity index (χ3n) is 3.38. The number of halogens is 2. The minimum absolute atomic E-state index is 0.619. The van der Waals surface area contributed by atoms with E-state index in [9.17, 15) is 0 Å². The predicted octanol–water partition coefficient (Wildman–Crippen LogP) is 6.17. The average molecular weight is 338 g/mol. The van der Waals surface area contributed by atoms with E-state index in [1.807, 2.05) is 30.3 Å². The molecule has 0 radical (unpaired) electrons. The standard InChI is InChI=1S/C18H21Cl2NO/c1-2-3-6-11-22-18-8-5-4-7-14(18)13-21-17-10-9-15(19)12-16(17)20/h4-5,7-10,12,21H,2-3,6,11,13H2,1H3. The van der Waals surface area contributed by atoms with Crippen molar-refractivity contribution in [1.82, 2.24) is 0 Å². The van der Waals surface area contributed by atoms with E-state index >= 15 is 0 Å². The molecule has 2 nitrogen and oxygen atoms in total. The molecule has 118 valence electrons. The first kappa shape index (κ1) is 17.0. The van der Waals surface area contributed by atoms with Crippen LogP contribution in [0.5, 0.6) is 5.75 Å². The first-order valence-corrected chi connectivity index (χ1v) is 8.36. The lowest BCUT2D eigenvalue weighted by Gasteiger charge is -2.13. The van der Waals surface area contributed by atoms with Crippen molar-refractivity contribution in [3.05, 3.63) is 58.1 Å². The van der Waals surface area contributed by atoms with Gasteiger partial charge in [0.2, 0.25) is 0 Å². The fraction of sp³-hybridized carbons (Fsp3) is 0.333. The van der Waals surface area contributed by atoms with Crippen LogP contribution in [0.15, 0.2) is 42.5 Å². The molecule has 0 aliphatic carbocycles. The van der Waals surface area contributed by atoms with Gasteiger partial charge in [0.1, 0.15) is 5.75 Å². The van der Waals surface area contributed by atoms with Crippen LogP contribution in [-0.4, -0.2) is 6.61 Å². The molecule has 0 unspecified atom stereocenters. The largest absolute Gasteiger partial charge is 0.493 e. The molecule has 0 aromatic heterocycles. The lowest BCUT2D eigenvalue weighted by Crippen LogP contribution is -2.04. The molecule has 0 saturated heterocycles. The molecular formula is C18H21Cl2NO. The van der Waals surface area contributed by atoms with Gasteiger partial charge < -0.3 is 10.1 Å². The topological polar surface area (TPSA) is 21.3 Å². The molecule has 0 bridgehead atoms. The normalized spacial score (nSPS) is 10.5. The Labute approximate surface area is 142 Å². The van der Waals surface area contributed by atoms with Crippen LogP contribution >= 0.6 is 23.2 Å². The van der Waals surface area contributed by atoms with Crippen LogP contribution in [0.1, 0.15) is 31.7 Å². The first-order valence-electron chi connectivity index (χ1n) is 7.60. The molecule has 0 heterocycles. The molecule has 4 heteroatoms. The van der Waals surface area contributed by atoms with Gasteiger partial charge in [0.15, 0.2) is 0 Å². The number of anilines is 1. The zero-order chi connectivity index (χ0) is 15.8. The maximum Gasteiger partial charge on any atom is 0.124 e. The second-order valence-electron chi connectivity index (χ2n) is 5.14. The van der Waals surface area contributed by atoms with E-state index in [1.165, 1.54) is 12.8 Å². The van der Waals surface area contributed by atoms with E-state index in [2.05, 4.69) is 18.3 Å².